The van der Waals surface area contributed by atoms with Gasteiger partial charge in [0.2, 0.25) is 0 Å². The summed E-state index contributed by atoms with van der Waals surface area (Å²) in [5, 5.41) is 4.17. The van der Waals surface area contributed by atoms with Gasteiger partial charge in [-0.2, -0.15) is 0 Å². The third kappa shape index (κ3) is 3.43. The molecule has 21 heavy (non-hydrogen) atoms. The lowest BCUT2D eigenvalue weighted by Gasteiger charge is -2.05. The van der Waals surface area contributed by atoms with Crippen LogP contribution in [0.1, 0.15) is 10.6 Å². The standard InChI is InChI=1S/C16H14F2N2S/c17-12-5-6-13(18)11(9-12)10-19-8-7-16-20-14-3-1-2-4-15(14)21-16/h1-6,9,19H,7-8,10H2. The Labute approximate surface area is 125 Å². The summed E-state index contributed by atoms with van der Waals surface area (Å²) in [6.45, 7) is 0.990. The second-order valence-electron chi connectivity index (χ2n) is 4.74. The highest BCUT2D eigenvalue weighted by Gasteiger charge is 2.05. The van der Waals surface area contributed by atoms with Crippen molar-refractivity contribution in [3.05, 3.63) is 64.7 Å². The van der Waals surface area contributed by atoms with Crippen molar-refractivity contribution in [2.45, 2.75) is 13.0 Å². The van der Waals surface area contributed by atoms with Crippen LogP contribution in [-0.2, 0) is 13.0 Å². The van der Waals surface area contributed by atoms with E-state index in [1.54, 1.807) is 11.3 Å². The maximum absolute atomic E-state index is 13.4. The molecule has 1 aromatic heterocycles. The van der Waals surface area contributed by atoms with Gasteiger partial charge in [0.05, 0.1) is 15.2 Å². The molecule has 0 amide bonds. The molecule has 2 nitrogen and oxygen atoms in total. The summed E-state index contributed by atoms with van der Waals surface area (Å²) in [7, 11) is 0. The van der Waals surface area contributed by atoms with Crippen molar-refractivity contribution in [2.75, 3.05) is 6.54 Å². The van der Waals surface area contributed by atoms with Crippen LogP contribution in [-0.4, -0.2) is 11.5 Å². The maximum atomic E-state index is 13.4. The first-order valence-electron chi connectivity index (χ1n) is 6.71. The maximum Gasteiger partial charge on any atom is 0.127 e. The van der Waals surface area contributed by atoms with Gasteiger partial charge in [-0.15, -0.1) is 11.3 Å². The van der Waals surface area contributed by atoms with E-state index in [1.807, 2.05) is 24.3 Å². The molecule has 0 unspecified atom stereocenters. The lowest BCUT2D eigenvalue weighted by atomic mass is 10.2. The van der Waals surface area contributed by atoms with Crippen molar-refractivity contribution in [1.29, 1.82) is 0 Å². The number of para-hydroxylation sites is 1. The lowest BCUT2D eigenvalue weighted by Crippen LogP contribution is -2.17. The number of rotatable bonds is 5. The fourth-order valence-corrected chi connectivity index (χ4v) is 3.09. The normalized spacial score (nSPS) is 11.1. The summed E-state index contributed by atoms with van der Waals surface area (Å²) in [4.78, 5) is 4.53. The Hall–Kier alpha value is -1.85. The van der Waals surface area contributed by atoms with Crippen molar-refractivity contribution in [3.8, 4) is 0 Å². The average molecular weight is 304 g/mol. The van der Waals surface area contributed by atoms with Crippen molar-refractivity contribution < 1.29 is 8.78 Å². The molecule has 0 spiro atoms. The van der Waals surface area contributed by atoms with Gasteiger partial charge in [-0.05, 0) is 30.3 Å². The Balaban J connectivity index is 1.55. The minimum atomic E-state index is -0.417. The highest BCUT2D eigenvalue weighted by atomic mass is 32.1. The summed E-state index contributed by atoms with van der Waals surface area (Å²) in [5.74, 6) is -0.803. The molecule has 0 saturated heterocycles. The van der Waals surface area contributed by atoms with Gasteiger partial charge in [-0.1, -0.05) is 12.1 Å². The van der Waals surface area contributed by atoms with Crippen molar-refractivity contribution >= 4 is 21.6 Å². The fraction of sp³-hybridized carbons (Fsp3) is 0.188. The number of hydrogen-bond acceptors (Lipinski definition) is 3. The molecular weight excluding hydrogens is 290 g/mol. The number of hydrogen-bond donors (Lipinski definition) is 1. The molecule has 0 aliphatic rings. The zero-order valence-corrected chi connectivity index (χ0v) is 12.1. The zero-order chi connectivity index (χ0) is 14.7. The SMILES string of the molecule is Fc1ccc(F)c(CNCCc2nc3ccccc3s2)c1. The van der Waals surface area contributed by atoms with Gasteiger partial charge in [0, 0.05) is 25.1 Å². The molecule has 3 aromatic rings. The van der Waals surface area contributed by atoms with E-state index in [9.17, 15) is 8.78 Å². The van der Waals surface area contributed by atoms with Crippen LogP contribution in [0.25, 0.3) is 10.2 Å². The van der Waals surface area contributed by atoms with Crippen LogP contribution in [0.3, 0.4) is 0 Å². The quantitative estimate of drug-likeness (QED) is 0.723. The predicted molar refractivity (Wildman–Crippen MR) is 81.4 cm³/mol. The average Bonchev–Trinajstić information content (AvgIpc) is 2.89. The van der Waals surface area contributed by atoms with E-state index >= 15 is 0 Å². The monoisotopic (exact) mass is 304 g/mol. The van der Waals surface area contributed by atoms with Crippen LogP contribution in [0.15, 0.2) is 42.5 Å². The molecular formula is C16H14F2N2S. The van der Waals surface area contributed by atoms with E-state index < -0.39 is 5.82 Å². The highest BCUT2D eigenvalue weighted by molar-refractivity contribution is 7.18. The third-order valence-electron chi connectivity index (χ3n) is 3.18. The molecule has 0 aliphatic carbocycles. The van der Waals surface area contributed by atoms with E-state index in [1.165, 1.54) is 10.8 Å². The molecule has 1 N–H and O–H groups in total. The van der Waals surface area contributed by atoms with Gasteiger partial charge in [0.25, 0.3) is 0 Å². The summed E-state index contributed by atoms with van der Waals surface area (Å²) < 4.78 is 27.6. The van der Waals surface area contributed by atoms with Crippen LogP contribution in [0, 0.1) is 11.6 Å². The number of thiazole rings is 1. The van der Waals surface area contributed by atoms with Gasteiger partial charge < -0.3 is 5.32 Å². The summed E-state index contributed by atoms with van der Waals surface area (Å²) in [5.41, 5.74) is 1.35. The molecule has 0 radical (unpaired) electrons. The molecule has 2 aromatic carbocycles. The van der Waals surface area contributed by atoms with E-state index in [2.05, 4.69) is 10.3 Å². The van der Waals surface area contributed by atoms with Crippen LogP contribution in [0.2, 0.25) is 0 Å². The first-order chi connectivity index (χ1) is 10.2. The van der Waals surface area contributed by atoms with Crippen molar-refractivity contribution in [3.63, 3.8) is 0 Å². The molecule has 0 saturated carbocycles. The summed E-state index contributed by atoms with van der Waals surface area (Å²) in [6.07, 6.45) is 0.774. The van der Waals surface area contributed by atoms with Gasteiger partial charge in [0.15, 0.2) is 0 Å². The van der Waals surface area contributed by atoms with Crippen LogP contribution in [0.5, 0.6) is 0 Å². The largest absolute Gasteiger partial charge is 0.312 e. The van der Waals surface area contributed by atoms with Crippen LogP contribution >= 0.6 is 11.3 Å². The lowest BCUT2D eigenvalue weighted by molar-refractivity contribution is 0.569. The zero-order valence-electron chi connectivity index (χ0n) is 11.3. The number of benzene rings is 2. The van der Waals surface area contributed by atoms with Gasteiger partial charge in [0.1, 0.15) is 11.6 Å². The minimum absolute atomic E-state index is 0.314. The van der Waals surface area contributed by atoms with E-state index in [0.29, 0.717) is 18.7 Å². The Morgan fingerprint density at radius 2 is 1.95 bits per heavy atom. The first-order valence-corrected chi connectivity index (χ1v) is 7.53. The van der Waals surface area contributed by atoms with E-state index in [4.69, 9.17) is 0 Å². The van der Waals surface area contributed by atoms with Crippen LogP contribution in [0.4, 0.5) is 8.78 Å². The molecule has 5 heteroatoms. The van der Waals surface area contributed by atoms with Gasteiger partial charge in [-0.25, -0.2) is 13.8 Å². The Bertz CT molecular complexity index is 722. The molecule has 1 heterocycles. The minimum Gasteiger partial charge on any atom is -0.312 e. The Morgan fingerprint density at radius 3 is 2.81 bits per heavy atom. The van der Waals surface area contributed by atoms with E-state index in [-0.39, 0.29) is 5.82 Å². The van der Waals surface area contributed by atoms with Crippen molar-refractivity contribution in [1.82, 2.24) is 10.3 Å². The Morgan fingerprint density at radius 1 is 1.10 bits per heavy atom. The topological polar surface area (TPSA) is 24.9 Å². The van der Waals surface area contributed by atoms with Gasteiger partial charge >= 0.3 is 0 Å². The number of nitrogens with zero attached hydrogens (tertiary/aromatic N) is 1. The summed E-state index contributed by atoms with van der Waals surface area (Å²) in [6, 6.07) is 11.5. The summed E-state index contributed by atoms with van der Waals surface area (Å²) >= 11 is 1.66. The van der Waals surface area contributed by atoms with E-state index in [0.717, 1.165) is 29.1 Å². The highest BCUT2D eigenvalue weighted by Crippen LogP contribution is 2.21. The van der Waals surface area contributed by atoms with Gasteiger partial charge in [-0.3, -0.25) is 0 Å². The van der Waals surface area contributed by atoms with Crippen molar-refractivity contribution in [2.24, 2.45) is 0 Å². The second-order valence-corrected chi connectivity index (χ2v) is 5.85. The Kier molecular flexibility index (Phi) is 4.22. The molecule has 108 valence electrons. The molecule has 0 fully saturated rings. The number of aromatic nitrogens is 1. The smallest absolute Gasteiger partial charge is 0.127 e. The fourth-order valence-electron chi connectivity index (χ4n) is 2.12. The number of halogens is 2. The third-order valence-corrected chi connectivity index (χ3v) is 4.27. The molecule has 0 aliphatic heterocycles. The molecule has 3 rings (SSSR count). The number of nitrogens with one attached hydrogen (secondary N) is 1. The molecule has 0 bridgehead atoms. The predicted octanol–water partition coefficient (Wildman–Crippen LogP) is 3.91. The number of fused-ring (bicyclic) bond motifs is 1. The molecule has 0 atom stereocenters. The first kappa shape index (κ1) is 14.1. The second kappa shape index (κ2) is 6.28. The van der Waals surface area contributed by atoms with Crippen LogP contribution < -0.4 is 5.32 Å².